The molecule has 0 unspecified atom stereocenters. The normalized spacial score (nSPS) is 12.1. The predicted molar refractivity (Wildman–Crippen MR) is 154 cm³/mol. The molecule has 0 fully saturated rings. The van der Waals surface area contributed by atoms with Crippen LogP contribution >= 0.6 is 0 Å². The maximum absolute atomic E-state index is 13.0. The number of unbranched alkanes of at least 4 members (excludes halogenated alkanes) is 1. The summed E-state index contributed by atoms with van der Waals surface area (Å²) in [6, 6.07) is 19.3. The number of carbonyl (C=O) groups is 3. The summed E-state index contributed by atoms with van der Waals surface area (Å²) in [5, 5.41) is 12.2. The lowest BCUT2D eigenvalue weighted by atomic mass is 9.94. The molecule has 2 rings (SSSR count). The first-order valence-electron chi connectivity index (χ1n) is 13.6. The second-order valence-corrected chi connectivity index (χ2v) is 9.51. The molecule has 2 aromatic carbocycles. The molecule has 0 bridgehead atoms. The first-order chi connectivity index (χ1) is 19.0. The molecule has 2 N–H and O–H groups in total. The van der Waals surface area contributed by atoms with Gasteiger partial charge in [0.1, 0.15) is 6.61 Å². The average molecular weight is 535 g/mol. The van der Waals surface area contributed by atoms with Gasteiger partial charge < -0.3 is 20.1 Å². The summed E-state index contributed by atoms with van der Waals surface area (Å²) in [4.78, 5) is 40.2. The summed E-state index contributed by atoms with van der Waals surface area (Å²) in [6.45, 7) is 8.05. The number of aliphatic hydroxyl groups excluding tert-OH is 1. The standard InChI is InChI=1S/C32H42N2O5/c1-3-5-8-18-29(23-26-14-9-6-10-15-26)32(38)39-22-19-33-31(37)28(13-4-2)24-30(36)34(20-21-35)25-27-16-11-7-12-17-27/h3-4,6-7,9-12,14-17,28-29,35H,1-2,5,8,13,18-25H2,(H,33,37)/t28-,29+/m0/s1. The van der Waals surface area contributed by atoms with Crippen molar-refractivity contribution in [1.82, 2.24) is 10.2 Å². The van der Waals surface area contributed by atoms with Gasteiger partial charge in [-0.1, -0.05) is 72.8 Å². The Labute approximate surface area is 232 Å². The Balaban J connectivity index is 1.87. The minimum Gasteiger partial charge on any atom is -0.464 e. The van der Waals surface area contributed by atoms with E-state index in [4.69, 9.17) is 4.74 Å². The number of esters is 1. The molecule has 0 saturated heterocycles. The van der Waals surface area contributed by atoms with Gasteiger partial charge in [-0.25, -0.2) is 0 Å². The van der Waals surface area contributed by atoms with Crippen molar-refractivity contribution in [3.8, 4) is 0 Å². The third-order valence-electron chi connectivity index (χ3n) is 6.45. The first-order valence-corrected chi connectivity index (χ1v) is 13.6. The number of ether oxygens (including phenoxy) is 1. The Bertz CT molecular complexity index is 1030. The van der Waals surface area contributed by atoms with Gasteiger partial charge in [-0.05, 0) is 43.2 Å². The lowest BCUT2D eigenvalue weighted by Crippen LogP contribution is -2.39. The van der Waals surface area contributed by atoms with Crippen LogP contribution < -0.4 is 5.32 Å². The monoisotopic (exact) mass is 534 g/mol. The Morgan fingerprint density at radius 1 is 0.949 bits per heavy atom. The topological polar surface area (TPSA) is 95.9 Å². The second-order valence-electron chi connectivity index (χ2n) is 9.51. The van der Waals surface area contributed by atoms with Crippen molar-refractivity contribution in [1.29, 1.82) is 0 Å². The molecular weight excluding hydrogens is 492 g/mol. The van der Waals surface area contributed by atoms with E-state index in [-0.39, 0.29) is 56.4 Å². The quantitative estimate of drug-likeness (QED) is 0.158. The van der Waals surface area contributed by atoms with Crippen LogP contribution in [-0.2, 0) is 32.1 Å². The second kappa shape index (κ2) is 18.5. The van der Waals surface area contributed by atoms with Gasteiger partial charge in [0.2, 0.25) is 11.8 Å². The highest BCUT2D eigenvalue weighted by atomic mass is 16.5. The molecule has 0 aliphatic carbocycles. The summed E-state index contributed by atoms with van der Waals surface area (Å²) >= 11 is 0. The minimum absolute atomic E-state index is 0.00702. The Hall–Kier alpha value is -3.71. The SMILES string of the molecule is C=CCCC[C@H](Cc1ccccc1)C(=O)OCCNC(=O)[C@@H](CC=C)CC(=O)N(CCO)Cc1ccccc1. The number of rotatable bonds is 19. The Kier molecular flexibility index (Phi) is 15.0. The van der Waals surface area contributed by atoms with Crippen LogP contribution in [0.15, 0.2) is 86.0 Å². The molecule has 0 radical (unpaired) electrons. The van der Waals surface area contributed by atoms with Gasteiger partial charge >= 0.3 is 5.97 Å². The Morgan fingerprint density at radius 2 is 1.62 bits per heavy atom. The number of allylic oxidation sites excluding steroid dienone is 2. The zero-order valence-corrected chi connectivity index (χ0v) is 22.8. The van der Waals surface area contributed by atoms with Gasteiger partial charge in [0, 0.05) is 19.5 Å². The molecule has 0 heterocycles. The number of carbonyl (C=O) groups excluding carboxylic acids is 3. The van der Waals surface area contributed by atoms with Crippen molar-refractivity contribution in [2.45, 2.75) is 45.1 Å². The van der Waals surface area contributed by atoms with E-state index in [9.17, 15) is 19.5 Å². The minimum atomic E-state index is -0.604. The molecule has 0 aliphatic rings. The predicted octanol–water partition coefficient (Wildman–Crippen LogP) is 4.46. The summed E-state index contributed by atoms with van der Waals surface area (Å²) in [5.74, 6) is -1.67. The van der Waals surface area contributed by atoms with Crippen LogP contribution in [0.2, 0.25) is 0 Å². The number of nitrogens with zero attached hydrogens (tertiary/aromatic N) is 1. The van der Waals surface area contributed by atoms with E-state index < -0.39 is 5.92 Å². The van der Waals surface area contributed by atoms with Gasteiger partial charge in [-0.2, -0.15) is 0 Å². The molecular formula is C32H42N2O5. The van der Waals surface area contributed by atoms with E-state index >= 15 is 0 Å². The van der Waals surface area contributed by atoms with Crippen LogP contribution in [0.5, 0.6) is 0 Å². The van der Waals surface area contributed by atoms with Crippen molar-refractivity contribution in [2.75, 3.05) is 26.3 Å². The third kappa shape index (κ3) is 12.1. The molecule has 39 heavy (non-hydrogen) atoms. The zero-order valence-electron chi connectivity index (χ0n) is 22.8. The van der Waals surface area contributed by atoms with Crippen LogP contribution in [0.25, 0.3) is 0 Å². The van der Waals surface area contributed by atoms with E-state index in [1.807, 2.05) is 66.7 Å². The number of hydrogen-bond acceptors (Lipinski definition) is 5. The fraction of sp³-hybridized carbons (Fsp3) is 0.406. The summed E-state index contributed by atoms with van der Waals surface area (Å²) in [6.07, 6.45) is 6.76. The molecule has 0 aromatic heterocycles. The molecule has 0 aliphatic heterocycles. The highest BCUT2D eigenvalue weighted by Gasteiger charge is 2.24. The largest absolute Gasteiger partial charge is 0.464 e. The number of benzene rings is 2. The van der Waals surface area contributed by atoms with Gasteiger partial charge in [0.15, 0.2) is 0 Å². The Morgan fingerprint density at radius 3 is 2.23 bits per heavy atom. The maximum atomic E-state index is 13.0. The molecule has 210 valence electrons. The van der Waals surface area contributed by atoms with E-state index in [2.05, 4.69) is 18.5 Å². The fourth-order valence-electron chi connectivity index (χ4n) is 4.34. The lowest BCUT2D eigenvalue weighted by molar-refractivity contribution is -0.149. The molecule has 2 atom stereocenters. The van der Waals surface area contributed by atoms with Gasteiger partial charge in [0.25, 0.3) is 0 Å². The summed E-state index contributed by atoms with van der Waals surface area (Å²) in [7, 11) is 0. The summed E-state index contributed by atoms with van der Waals surface area (Å²) in [5.41, 5.74) is 2.02. The average Bonchev–Trinajstić information content (AvgIpc) is 2.95. The molecule has 7 nitrogen and oxygen atoms in total. The van der Waals surface area contributed by atoms with Gasteiger partial charge in [-0.3, -0.25) is 14.4 Å². The van der Waals surface area contributed by atoms with Crippen molar-refractivity contribution >= 4 is 17.8 Å². The van der Waals surface area contributed by atoms with Crippen molar-refractivity contribution in [2.24, 2.45) is 11.8 Å². The van der Waals surface area contributed by atoms with Crippen LogP contribution in [0.4, 0.5) is 0 Å². The number of nitrogens with one attached hydrogen (secondary N) is 1. The highest BCUT2D eigenvalue weighted by Crippen LogP contribution is 2.18. The first kappa shape index (κ1) is 31.5. The number of hydrogen-bond donors (Lipinski definition) is 2. The molecule has 7 heteroatoms. The van der Waals surface area contributed by atoms with Crippen molar-refractivity contribution in [3.63, 3.8) is 0 Å². The van der Waals surface area contributed by atoms with E-state index in [0.29, 0.717) is 25.8 Å². The summed E-state index contributed by atoms with van der Waals surface area (Å²) < 4.78 is 5.51. The molecule has 0 spiro atoms. The molecule has 0 saturated carbocycles. The van der Waals surface area contributed by atoms with Crippen LogP contribution in [0, 0.1) is 11.8 Å². The van der Waals surface area contributed by atoms with Crippen molar-refractivity contribution in [3.05, 3.63) is 97.1 Å². The molecule has 2 amide bonds. The van der Waals surface area contributed by atoms with Crippen LogP contribution in [0.3, 0.4) is 0 Å². The van der Waals surface area contributed by atoms with E-state index in [1.165, 1.54) is 0 Å². The number of aliphatic hydroxyl groups is 1. The van der Waals surface area contributed by atoms with Crippen LogP contribution in [0.1, 0.15) is 43.2 Å². The van der Waals surface area contributed by atoms with Crippen molar-refractivity contribution < 1.29 is 24.2 Å². The highest BCUT2D eigenvalue weighted by molar-refractivity contribution is 5.86. The fourth-order valence-corrected chi connectivity index (χ4v) is 4.34. The van der Waals surface area contributed by atoms with Gasteiger partial charge in [0.05, 0.1) is 25.0 Å². The lowest BCUT2D eigenvalue weighted by Gasteiger charge is -2.24. The maximum Gasteiger partial charge on any atom is 0.309 e. The smallest absolute Gasteiger partial charge is 0.309 e. The third-order valence-corrected chi connectivity index (χ3v) is 6.45. The van der Waals surface area contributed by atoms with Gasteiger partial charge in [-0.15, -0.1) is 13.2 Å². The number of amides is 2. The zero-order chi connectivity index (χ0) is 28.3. The van der Waals surface area contributed by atoms with Crippen LogP contribution in [-0.4, -0.2) is 54.1 Å². The van der Waals surface area contributed by atoms with E-state index in [0.717, 1.165) is 24.0 Å². The van der Waals surface area contributed by atoms with E-state index in [1.54, 1.807) is 11.0 Å². The molecule has 2 aromatic rings.